The van der Waals surface area contributed by atoms with Crippen LogP contribution >= 0.6 is 24.0 Å². The number of aliphatic imine (C=N–C) groups is 1. The van der Waals surface area contributed by atoms with Gasteiger partial charge in [0.05, 0.1) is 10.5 Å². The van der Waals surface area contributed by atoms with Crippen molar-refractivity contribution in [3.63, 3.8) is 0 Å². The van der Waals surface area contributed by atoms with Crippen LogP contribution in [0.15, 0.2) is 35.3 Å². The highest BCUT2D eigenvalue weighted by molar-refractivity contribution is 14.0. The molecule has 154 valence electrons. The number of rotatable bonds is 5. The van der Waals surface area contributed by atoms with E-state index >= 15 is 0 Å². The Morgan fingerprint density at radius 2 is 1.70 bits per heavy atom. The monoisotopic (exact) mass is 508 g/mol. The molecule has 1 aromatic carbocycles. The molecule has 0 atom stereocenters. The Kier molecular flexibility index (Phi) is 9.50. The summed E-state index contributed by atoms with van der Waals surface area (Å²) in [5, 5.41) is 3.21. The molecule has 1 saturated heterocycles. The summed E-state index contributed by atoms with van der Waals surface area (Å²) in [6.07, 6.45) is 0. The predicted molar refractivity (Wildman–Crippen MR) is 124 cm³/mol. The molecule has 1 aliphatic heterocycles. The lowest BCUT2D eigenvalue weighted by Gasteiger charge is -2.36. The molecule has 6 nitrogen and oxygen atoms in total. The Morgan fingerprint density at radius 1 is 1.11 bits per heavy atom. The van der Waals surface area contributed by atoms with Crippen LogP contribution in [0, 0.1) is 0 Å². The SMILES string of the molecule is CN=C(NCCS(=O)(=O)C(C)(C)C)N1CCN(Cc2ccccc2)CC1.I. The van der Waals surface area contributed by atoms with Crippen molar-refractivity contribution in [3.05, 3.63) is 35.9 Å². The number of sulfone groups is 1. The van der Waals surface area contributed by atoms with Crippen molar-refractivity contribution >= 4 is 39.8 Å². The second-order valence-corrected chi connectivity index (χ2v) is 10.5. The summed E-state index contributed by atoms with van der Waals surface area (Å²) in [7, 11) is -1.37. The van der Waals surface area contributed by atoms with Gasteiger partial charge in [0.1, 0.15) is 0 Å². The van der Waals surface area contributed by atoms with E-state index in [1.54, 1.807) is 27.8 Å². The molecule has 0 radical (unpaired) electrons. The third kappa shape index (κ3) is 7.23. The van der Waals surface area contributed by atoms with E-state index in [9.17, 15) is 8.42 Å². The van der Waals surface area contributed by atoms with Crippen molar-refractivity contribution < 1.29 is 8.42 Å². The van der Waals surface area contributed by atoms with E-state index in [1.165, 1.54) is 5.56 Å². The molecular weight excluding hydrogens is 475 g/mol. The van der Waals surface area contributed by atoms with E-state index in [-0.39, 0.29) is 29.7 Å². The van der Waals surface area contributed by atoms with Crippen LogP contribution in [0.3, 0.4) is 0 Å². The molecular formula is C19H33IN4O2S. The maximum atomic E-state index is 12.2. The van der Waals surface area contributed by atoms with Gasteiger partial charge in [-0.2, -0.15) is 0 Å². The van der Waals surface area contributed by atoms with Gasteiger partial charge in [-0.3, -0.25) is 9.89 Å². The Morgan fingerprint density at radius 3 is 2.22 bits per heavy atom. The number of piperazine rings is 1. The number of nitrogens with one attached hydrogen (secondary N) is 1. The van der Waals surface area contributed by atoms with Crippen molar-refractivity contribution in [2.75, 3.05) is 45.5 Å². The molecule has 0 aromatic heterocycles. The van der Waals surface area contributed by atoms with Gasteiger partial charge in [-0.25, -0.2) is 8.42 Å². The van der Waals surface area contributed by atoms with Crippen molar-refractivity contribution in [1.29, 1.82) is 0 Å². The van der Waals surface area contributed by atoms with E-state index in [1.807, 2.05) is 6.07 Å². The van der Waals surface area contributed by atoms with Crippen LogP contribution in [0.2, 0.25) is 0 Å². The van der Waals surface area contributed by atoms with Crippen LogP contribution in [0.25, 0.3) is 0 Å². The Labute approximate surface area is 181 Å². The Balaban J connectivity index is 0.00000364. The highest BCUT2D eigenvalue weighted by Crippen LogP contribution is 2.15. The topological polar surface area (TPSA) is 65.0 Å². The van der Waals surface area contributed by atoms with E-state index < -0.39 is 14.6 Å². The third-order valence-corrected chi connectivity index (χ3v) is 7.33. The van der Waals surface area contributed by atoms with Crippen molar-refractivity contribution in [2.24, 2.45) is 4.99 Å². The first kappa shape index (κ1) is 24.2. The lowest BCUT2D eigenvalue weighted by molar-refractivity contribution is 0.172. The van der Waals surface area contributed by atoms with Crippen molar-refractivity contribution in [3.8, 4) is 0 Å². The minimum atomic E-state index is -3.12. The quantitative estimate of drug-likeness (QED) is 0.376. The summed E-state index contributed by atoms with van der Waals surface area (Å²) in [4.78, 5) is 8.95. The molecule has 1 heterocycles. The van der Waals surface area contributed by atoms with Gasteiger partial charge in [0.2, 0.25) is 0 Å². The zero-order valence-electron chi connectivity index (χ0n) is 16.8. The molecule has 1 aromatic rings. The minimum absolute atomic E-state index is 0. The van der Waals surface area contributed by atoms with E-state index in [4.69, 9.17) is 0 Å². The number of hydrogen-bond donors (Lipinski definition) is 1. The number of hydrogen-bond acceptors (Lipinski definition) is 4. The minimum Gasteiger partial charge on any atom is -0.355 e. The summed E-state index contributed by atoms with van der Waals surface area (Å²) < 4.78 is 23.7. The molecule has 1 fully saturated rings. The molecule has 0 amide bonds. The molecule has 1 N–H and O–H groups in total. The van der Waals surface area contributed by atoms with Crippen LogP contribution in [0.4, 0.5) is 0 Å². The Bertz CT molecular complexity index is 694. The standard InChI is InChI=1S/C19H32N4O2S.HI/c1-19(2,3)26(24,25)15-10-21-18(20-4)23-13-11-22(12-14-23)16-17-8-6-5-7-9-17;/h5-9H,10-16H2,1-4H3,(H,20,21);1H. The number of benzene rings is 1. The van der Waals surface area contributed by atoms with Gasteiger partial charge in [-0.1, -0.05) is 30.3 Å². The molecule has 27 heavy (non-hydrogen) atoms. The fourth-order valence-electron chi connectivity index (χ4n) is 2.90. The lowest BCUT2D eigenvalue weighted by atomic mass is 10.2. The summed E-state index contributed by atoms with van der Waals surface area (Å²) >= 11 is 0. The summed E-state index contributed by atoms with van der Waals surface area (Å²) in [6, 6.07) is 10.5. The fraction of sp³-hybridized carbons (Fsp3) is 0.632. The van der Waals surface area contributed by atoms with Gasteiger partial charge < -0.3 is 10.2 Å². The van der Waals surface area contributed by atoms with Crippen LogP contribution < -0.4 is 5.32 Å². The summed E-state index contributed by atoms with van der Waals surface area (Å²) in [5.41, 5.74) is 1.33. The Hall–Kier alpha value is -0.870. The normalized spacial score (nSPS) is 16.7. The first-order valence-corrected chi connectivity index (χ1v) is 10.8. The average molecular weight is 508 g/mol. The zero-order chi connectivity index (χ0) is 19.2. The van der Waals surface area contributed by atoms with Gasteiger partial charge in [-0.15, -0.1) is 24.0 Å². The maximum Gasteiger partial charge on any atom is 0.193 e. The molecule has 2 rings (SSSR count). The molecule has 1 aliphatic rings. The van der Waals surface area contributed by atoms with Gasteiger partial charge in [0.25, 0.3) is 0 Å². The van der Waals surface area contributed by atoms with Gasteiger partial charge in [0, 0.05) is 46.3 Å². The summed E-state index contributed by atoms with van der Waals surface area (Å²) in [5.74, 6) is 0.900. The van der Waals surface area contributed by atoms with Gasteiger partial charge in [-0.05, 0) is 26.3 Å². The fourth-order valence-corrected chi connectivity index (χ4v) is 3.88. The van der Waals surface area contributed by atoms with Crippen LogP contribution in [-0.2, 0) is 16.4 Å². The van der Waals surface area contributed by atoms with Gasteiger partial charge >= 0.3 is 0 Å². The molecule has 0 aliphatic carbocycles. The predicted octanol–water partition coefficient (Wildman–Crippen LogP) is 2.21. The highest BCUT2D eigenvalue weighted by atomic mass is 127. The lowest BCUT2D eigenvalue weighted by Crippen LogP contribution is -2.52. The van der Waals surface area contributed by atoms with Crippen LogP contribution in [0.5, 0.6) is 0 Å². The highest BCUT2D eigenvalue weighted by Gasteiger charge is 2.28. The first-order valence-electron chi connectivity index (χ1n) is 9.17. The zero-order valence-corrected chi connectivity index (χ0v) is 20.0. The molecule has 0 bridgehead atoms. The molecule has 8 heteroatoms. The second kappa shape index (κ2) is 10.6. The third-order valence-electron chi connectivity index (χ3n) is 4.72. The summed E-state index contributed by atoms with van der Waals surface area (Å²) in [6.45, 7) is 10.3. The average Bonchev–Trinajstić information content (AvgIpc) is 2.59. The molecule has 0 spiro atoms. The van der Waals surface area contributed by atoms with E-state index in [0.29, 0.717) is 6.54 Å². The largest absolute Gasteiger partial charge is 0.355 e. The molecule has 0 unspecified atom stereocenters. The van der Waals surface area contributed by atoms with Crippen molar-refractivity contribution in [2.45, 2.75) is 32.1 Å². The van der Waals surface area contributed by atoms with Crippen molar-refractivity contribution in [1.82, 2.24) is 15.1 Å². The number of halogens is 1. The number of nitrogens with zero attached hydrogens (tertiary/aromatic N) is 3. The first-order chi connectivity index (χ1) is 12.2. The maximum absolute atomic E-state index is 12.2. The van der Waals surface area contributed by atoms with E-state index in [0.717, 1.165) is 38.7 Å². The van der Waals surface area contributed by atoms with Crippen LogP contribution in [-0.4, -0.2) is 74.4 Å². The van der Waals surface area contributed by atoms with Gasteiger partial charge in [0.15, 0.2) is 15.8 Å². The smallest absolute Gasteiger partial charge is 0.193 e. The second-order valence-electron chi connectivity index (χ2n) is 7.65. The van der Waals surface area contributed by atoms with E-state index in [2.05, 4.69) is 44.4 Å². The molecule has 0 saturated carbocycles. The van der Waals surface area contributed by atoms with Crippen LogP contribution in [0.1, 0.15) is 26.3 Å². The number of guanidine groups is 1.